The fourth-order valence-electron chi connectivity index (χ4n) is 4.00. The molecule has 2 aromatic heterocycles. The van der Waals surface area contributed by atoms with Crippen molar-refractivity contribution in [1.29, 1.82) is 0 Å². The standard InChI is InChI=1S/C25H16Cl3N3O4/c1-35-19-7-2-4-15(23(19)32)13-8-10-14(11-9-13)30-20(27)12-17-22(30)24(33)31(25(34)29-17)18-6-3-5-16(26)21(18)28/h2-12,32H,1H3,(H,29,34). The van der Waals surface area contributed by atoms with Crippen LogP contribution in [0.5, 0.6) is 11.5 Å². The predicted octanol–water partition coefficient (Wildman–Crippen LogP) is 5.81. The molecule has 0 saturated carbocycles. The van der Waals surface area contributed by atoms with Crippen LogP contribution >= 0.6 is 34.8 Å². The highest BCUT2D eigenvalue weighted by Crippen LogP contribution is 2.37. The summed E-state index contributed by atoms with van der Waals surface area (Å²) in [5.41, 5.74) is 1.18. The molecule has 2 N–H and O–H groups in total. The molecule has 0 saturated heterocycles. The van der Waals surface area contributed by atoms with E-state index in [0.717, 1.165) is 10.1 Å². The number of aromatic amines is 1. The molecule has 0 atom stereocenters. The number of phenols is 1. The maximum absolute atomic E-state index is 13.5. The molecule has 10 heteroatoms. The summed E-state index contributed by atoms with van der Waals surface area (Å²) in [6.07, 6.45) is 0. The van der Waals surface area contributed by atoms with Gasteiger partial charge in [-0.3, -0.25) is 9.36 Å². The lowest BCUT2D eigenvalue weighted by molar-refractivity contribution is 0.374. The molecule has 0 amide bonds. The van der Waals surface area contributed by atoms with E-state index in [1.165, 1.54) is 23.8 Å². The van der Waals surface area contributed by atoms with Crippen molar-refractivity contribution >= 4 is 45.8 Å². The number of nitrogens with zero attached hydrogens (tertiary/aromatic N) is 2. The maximum atomic E-state index is 13.5. The smallest absolute Gasteiger partial charge is 0.333 e. The Kier molecular flexibility index (Phi) is 5.84. The van der Waals surface area contributed by atoms with Crippen molar-refractivity contribution in [2.45, 2.75) is 0 Å². The van der Waals surface area contributed by atoms with Gasteiger partial charge in [0.15, 0.2) is 11.5 Å². The third-order valence-corrected chi connectivity index (χ3v) is 6.72. The van der Waals surface area contributed by atoms with Crippen molar-refractivity contribution in [3.8, 4) is 34.0 Å². The first kappa shape index (κ1) is 23.1. The normalized spacial score (nSPS) is 11.2. The second-order valence-electron chi connectivity index (χ2n) is 7.61. The molecule has 0 aliphatic heterocycles. The zero-order valence-corrected chi connectivity index (χ0v) is 20.3. The van der Waals surface area contributed by atoms with Gasteiger partial charge < -0.3 is 14.8 Å². The van der Waals surface area contributed by atoms with Crippen molar-refractivity contribution in [1.82, 2.24) is 14.1 Å². The maximum Gasteiger partial charge on any atom is 0.333 e. The molecule has 5 aromatic rings. The van der Waals surface area contributed by atoms with Crippen LogP contribution in [0.15, 0.2) is 76.3 Å². The summed E-state index contributed by atoms with van der Waals surface area (Å²) < 4.78 is 7.63. The van der Waals surface area contributed by atoms with Gasteiger partial charge in [0.25, 0.3) is 5.56 Å². The molecule has 0 radical (unpaired) electrons. The SMILES string of the molecule is COc1cccc(-c2ccc(-n3c(Cl)cc4[nH]c(=O)n(-c5cccc(Cl)c5Cl)c(=O)c43)cc2)c1O. The second kappa shape index (κ2) is 8.85. The molecule has 2 heterocycles. The average molecular weight is 529 g/mol. The zero-order chi connectivity index (χ0) is 24.9. The second-order valence-corrected chi connectivity index (χ2v) is 8.78. The summed E-state index contributed by atoms with van der Waals surface area (Å²) in [6, 6.07) is 18.5. The molecule has 7 nitrogen and oxygen atoms in total. The van der Waals surface area contributed by atoms with Gasteiger partial charge in [-0.2, -0.15) is 0 Å². The van der Waals surface area contributed by atoms with Gasteiger partial charge in [0, 0.05) is 11.3 Å². The summed E-state index contributed by atoms with van der Waals surface area (Å²) in [6.45, 7) is 0. The highest BCUT2D eigenvalue weighted by molar-refractivity contribution is 6.43. The van der Waals surface area contributed by atoms with Gasteiger partial charge in [0.05, 0.1) is 28.4 Å². The number of para-hydroxylation sites is 1. The van der Waals surface area contributed by atoms with Gasteiger partial charge in [0.1, 0.15) is 10.7 Å². The molecule has 0 unspecified atom stereocenters. The lowest BCUT2D eigenvalue weighted by Gasteiger charge is -2.12. The number of hydrogen-bond donors (Lipinski definition) is 2. The monoisotopic (exact) mass is 527 g/mol. The Hall–Kier alpha value is -3.65. The van der Waals surface area contributed by atoms with E-state index in [9.17, 15) is 14.7 Å². The minimum absolute atomic E-state index is 0.0195. The topological polar surface area (TPSA) is 89.2 Å². The van der Waals surface area contributed by atoms with Gasteiger partial charge in [-0.25, -0.2) is 9.36 Å². The van der Waals surface area contributed by atoms with Crippen molar-refractivity contribution in [3.05, 3.63) is 103 Å². The summed E-state index contributed by atoms with van der Waals surface area (Å²) in [5, 5.41) is 11.0. The Labute approximate surface area is 213 Å². The molecule has 0 fully saturated rings. The lowest BCUT2D eigenvalue weighted by Crippen LogP contribution is -2.34. The molecular formula is C25H16Cl3N3O4. The summed E-state index contributed by atoms with van der Waals surface area (Å²) in [5.74, 6) is 0.376. The summed E-state index contributed by atoms with van der Waals surface area (Å²) in [7, 11) is 1.48. The van der Waals surface area contributed by atoms with Crippen LogP contribution in [-0.4, -0.2) is 26.3 Å². The molecular weight excluding hydrogens is 513 g/mol. The zero-order valence-electron chi connectivity index (χ0n) is 18.1. The quantitative estimate of drug-likeness (QED) is 0.308. The molecule has 3 aromatic carbocycles. The third kappa shape index (κ3) is 3.78. The van der Waals surface area contributed by atoms with Crippen LogP contribution in [0, 0.1) is 0 Å². The molecule has 0 bridgehead atoms. The number of nitrogens with one attached hydrogen (secondary N) is 1. The lowest BCUT2D eigenvalue weighted by atomic mass is 10.0. The molecule has 35 heavy (non-hydrogen) atoms. The van der Waals surface area contributed by atoms with Crippen LogP contribution in [0.4, 0.5) is 0 Å². The highest BCUT2D eigenvalue weighted by atomic mass is 35.5. The van der Waals surface area contributed by atoms with Gasteiger partial charge in [-0.05, 0) is 42.0 Å². The summed E-state index contributed by atoms with van der Waals surface area (Å²) in [4.78, 5) is 29.0. The third-order valence-electron chi connectivity index (χ3n) is 5.63. The van der Waals surface area contributed by atoms with Crippen LogP contribution in [0.2, 0.25) is 15.2 Å². The largest absolute Gasteiger partial charge is 0.504 e. The van der Waals surface area contributed by atoms with E-state index in [1.807, 2.05) is 0 Å². The van der Waals surface area contributed by atoms with Crippen molar-refractivity contribution in [2.24, 2.45) is 0 Å². The minimum atomic E-state index is -0.677. The van der Waals surface area contributed by atoms with E-state index in [0.29, 0.717) is 17.0 Å². The van der Waals surface area contributed by atoms with Crippen LogP contribution < -0.4 is 16.0 Å². The Morgan fingerprint density at radius 3 is 2.34 bits per heavy atom. The predicted molar refractivity (Wildman–Crippen MR) is 138 cm³/mol. The molecule has 0 spiro atoms. The van der Waals surface area contributed by atoms with Crippen LogP contribution in [0.1, 0.15) is 0 Å². The van der Waals surface area contributed by atoms with Gasteiger partial charge >= 0.3 is 5.69 Å². The number of aromatic nitrogens is 3. The van der Waals surface area contributed by atoms with E-state index in [2.05, 4.69) is 4.98 Å². The number of rotatable bonds is 4. The number of benzene rings is 3. The molecule has 0 aliphatic carbocycles. The van der Waals surface area contributed by atoms with E-state index < -0.39 is 11.2 Å². The fraction of sp³-hybridized carbons (Fsp3) is 0.0400. The molecule has 5 rings (SSSR count). The van der Waals surface area contributed by atoms with Crippen molar-refractivity contribution < 1.29 is 9.84 Å². The number of hydrogen-bond acceptors (Lipinski definition) is 4. The van der Waals surface area contributed by atoms with E-state index in [1.54, 1.807) is 54.6 Å². The number of phenolic OH excluding ortho intramolecular Hbond substituents is 1. The number of H-pyrrole nitrogens is 1. The van der Waals surface area contributed by atoms with Crippen LogP contribution in [-0.2, 0) is 0 Å². The van der Waals surface area contributed by atoms with E-state index in [4.69, 9.17) is 39.5 Å². The first-order chi connectivity index (χ1) is 16.8. The molecule has 0 aliphatic rings. The number of aromatic hydroxyl groups is 1. The summed E-state index contributed by atoms with van der Waals surface area (Å²) >= 11 is 18.9. The Morgan fingerprint density at radius 1 is 0.914 bits per heavy atom. The van der Waals surface area contributed by atoms with Gasteiger partial charge in [-0.1, -0.05) is 65.1 Å². The van der Waals surface area contributed by atoms with E-state index in [-0.39, 0.29) is 37.7 Å². The number of halogens is 3. The van der Waals surface area contributed by atoms with Gasteiger partial charge in [0.2, 0.25) is 0 Å². The van der Waals surface area contributed by atoms with Crippen molar-refractivity contribution in [3.63, 3.8) is 0 Å². The van der Waals surface area contributed by atoms with Crippen molar-refractivity contribution in [2.75, 3.05) is 7.11 Å². The van der Waals surface area contributed by atoms with Gasteiger partial charge in [-0.15, -0.1) is 0 Å². The Bertz CT molecular complexity index is 1720. The Morgan fingerprint density at radius 2 is 1.63 bits per heavy atom. The molecule has 176 valence electrons. The highest BCUT2D eigenvalue weighted by Gasteiger charge is 2.20. The fourth-order valence-corrected chi connectivity index (χ4v) is 4.67. The number of ether oxygens (including phenoxy) is 1. The van der Waals surface area contributed by atoms with E-state index >= 15 is 0 Å². The average Bonchev–Trinajstić information content (AvgIpc) is 3.17. The minimum Gasteiger partial charge on any atom is -0.504 e. The Balaban J connectivity index is 1.69. The number of methoxy groups -OCH3 is 1. The first-order valence-corrected chi connectivity index (χ1v) is 11.4. The first-order valence-electron chi connectivity index (χ1n) is 10.3. The van der Waals surface area contributed by atoms with Crippen LogP contribution in [0.25, 0.3) is 33.5 Å². The van der Waals surface area contributed by atoms with Crippen LogP contribution in [0.3, 0.4) is 0 Å². The number of fused-ring (bicyclic) bond motifs is 1.